The molecule has 0 aromatic heterocycles. The molecule has 450 valence electrons. The van der Waals surface area contributed by atoms with E-state index < -0.39 is 12.1 Å². The number of esters is 3. The fraction of sp³-hybridized carbons (Fsp3) is 0.608. The average Bonchev–Trinajstić information content (AvgIpc) is 3.46. The highest BCUT2D eigenvalue weighted by molar-refractivity contribution is 5.71. The van der Waals surface area contributed by atoms with Crippen molar-refractivity contribution in [1.82, 2.24) is 0 Å². The fourth-order valence-corrected chi connectivity index (χ4v) is 8.51. The van der Waals surface area contributed by atoms with E-state index in [1.54, 1.807) is 0 Å². The van der Waals surface area contributed by atoms with Gasteiger partial charge in [-0.2, -0.15) is 0 Å². The summed E-state index contributed by atoms with van der Waals surface area (Å²) >= 11 is 0. The molecule has 0 radical (unpaired) electrons. The molecule has 0 aromatic rings. The number of allylic oxidation sites excluding steroid dienone is 26. The van der Waals surface area contributed by atoms with Crippen LogP contribution in [0.3, 0.4) is 0 Å². The number of hydrogen-bond acceptors (Lipinski definition) is 6. The summed E-state index contributed by atoms with van der Waals surface area (Å²) < 4.78 is 16.8. The topological polar surface area (TPSA) is 78.9 Å². The van der Waals surface area contributed by atoms with Crippen LogP contribution in [0.5, 0.6) is 0 Å². The van der Waals surface area contributed by atoms with Gasteiger partial charge in [0.15, 0.2) is 6.10 Å². The molecule has 0 heterocycles. The molecular formula is C74H118O6. The second kappa shape index (κ2) is 66.5. The molecule has 6 nitrogen and oxygen atoms in total. The minimum Gasteiger partial charge on any atom is -0.462 e. The van der Waals surface area contributed by atoms with Gasteiger partial charge in [0.05, 0.1) is 0 Å². The number of carbonyl (C=O) groups excluding carboxylic acids is 3. The second-order valence-electron chi connectivity index (χ2n) is 20.9. The predicted molar refractivity (Wildman–Crippen MR) is 348 cm³/mol. The van der Waals surface area contributed by atoms with Crippen LogP contribution in [0.25, 0.3) is 0 Å². The SMILES string of the molecule is CC/C=C\C/C=C\C/C=C\C/C=C\C/C=C\C/C=C\C/C=C\CCCCCCCCCCCCCCCC(=O)OCC(COC(=O)CCCCCCCCCC)OC(=O)CC/C=C\C/C=C\C/C=C\C/C=C\C/C=C\C/C=C\CC. The Morgan fingerprint density at radius 2 is 0.512 bits per heavy atom. The number of ether oxygens (including phenoxy) is 3. The van der Waals surface area contributed by atoms with Gasteiger partial charge < -0.3 is 14.2 Å². The van der Waals surface area contributed by atoms with Crippen molar-refractivity contribution < 1.29 is 28.6 Å². The lowest BCUT2D eigenvalue weighted by Crippen LogP contribution is -2.30. The minimum atomic E-state index is -0.822. The summed E-state index contributed by atoms with van der Waals surface area (Å²) in [5.41, 5.74) is 0. The molecule has 1 unspecified atom stereocenters. The molecular weight excluding hydrogens is 985 g/mol. The number of rotatable bonds is 57. The van der Waals surface area contributed by atoms with E-state index in [-0.39, 0.29) is 31.6 Å². The van der Waals surface area contributed by atoms with Gasteiger partial charge in [0.1, 0.15) is 13.2 Å². The van der Waals surface area contributed by atoms with Crippen molar-refractivity contribution in [2.75, 3.05) is 13.2 Å². The van der Waals surface area contributed by atoms with Gasteiger partial charge in [-0.05, 0) is 116 Å². The van der Waals surface area contributed by atoms with Crippen molar-refractivity contribution in [2.45, 2.75) is 277 Å². The van der Waals surface area contributed by atoms with Gasteiger partial charge in [-0.1, -0.05) is 294 Å². The van der Waals surface area contributed by atoms with Crippen molar-refractivity contribution in [3.05, 3.63) is 158 Å². The third-order valence-electron chi connectivity index (χ3n) is 13.3. The first-order valence-corrected chi connectivity index (χ1v) is 32.5. The lowest BCUT2D eigenvalue weighted by molar-refractivity contribution is -0.166. The van der Waals surface area contributed by atoms with Gasteiger partial charge in [-0.3, -0.25) is 14.4 Å². The van der Waals surface area contributed by atoms with Crippen molar-refractivity contribution in [2.24, 2.45) is 0 Å². The van der Waals surface area contributed by atoms with E-state index in [1.807, 2.05) is 12.2 Å². The van der Waals surface area contributed by atoms with Crippen LogP contribution >= 0.6 is 0 Å². The van der Waals surface area contributed by atoms with E-state index >= 15 is 0 Å². The first kappa shape index (κ1) is 75.0. The number of unbranched alkanes of at least 4 members (excludes halogenated alkanes) is 20. The summed E-state index contributed by atoms with van der Waals surface area (Å²) in [6, 6.07) is 0. The third-order valence-corrected chi connectivity index (χ3v) is 13.3. The van der Waals surface area contributed by atoms with E-state index in [2.05, 4.69) is 167 Å². The zero-order valence-corrected chi connectivity index (χ0v) is 51.5. The molecule has 0 saturated heterocycles. The summed E-state index contributed by atoms with van der Waals surface area (Å²) in [6.45, 7) is 6.31. The van der Waals surface area contributed by atoms with Crippen molar-refractivity contribution >= 4 is 17.9 Å². The van der Waals surface area contributed by atoms with E-state index in [9.17, 15) is 14.4 Å². The Labute approximate surface area is 492 Å². The monoisotopic (exact) mass is 1100 g/mol. The van der Waals surface area contributed by atoms with Crippen LogP contribution in [0.2, 0.25) is 0 Å². The summed E-state index contributed by atoms with van der Waals surface area (Å²) in [5.74, 6) is -1.00. The quantitative estimate of drug-likeness (QED) is 0.0261. The van der Waals surface area contributed by atoms with Gasteiger partial charge in [-0.15, -0.1) is 0 Å². The summed E-state index contributed by atoms with van der Waals surface area (Å²) in [6.07, 6.45) is 97.2. The Morgan fingerprint density at radius 3 is 0.812 bits per heavy atom. The fourth-order valence-electron chi connectivity index (χ4n) is 8.51. The molecule has 0 amide bonds. The molecule has 6 heteroatoms. The highest BCUT2D eigenvalue weighted by Crippen LogP contribution is 2.15. The van der Waals surface area contributed by atoms with Gasteiger partial charge in [0.2, 0.25) is 0 Å². The van der Waals surface area contributed by atoms with Gasteiger partial charge in [0, 0.05) is 19.3 Å². The zero-order valence-electron chi connectivity index (χ0n) is 51.5. The average molecular weight is 1100 g/mol. The predicted octanol–water partition coefficient (Wildman–Crippen LogP) is 22.5. The summed E-state index contributed by atoms with van der Waals surface area (Å²) in [4.78, 5) is 38.1. The van der Waals surface area contributed by atoms with Gasteiger partial charge in [-0.25, -0.2) is 0 Å². The smallest absolute Gasteiger partial charge is 0.306 e. The first-order chi connectivity index (χ1) is 39.5. The highest BCUT2D eigenvalue weighted by Gasteiger charge is 2.19. The van der Waals surface area contributed by atoms with Crippen molar-refractivity contribution in [1.29, 1.82) is 0 Å². The van der Waals surface area contributed by atoms with Gasteiger partial charge in [0.25, 0.3) is 0 Å². The van der Waals surface area contributed by atoms with Crippen LogP contribution in [-0.4, -0.2) is 37.2 Å². The Morgan fingerprint density at radius 1 is 0.263 bits per heavy atom. The molecule has 0 spiro atoms. The highest BCUT2D eigenvalue weighted by atomic mass is 16.6. The Kier molecular flexibility index (Phi) is 62.4. The molecule has 0 N–H and O–H groups in total. The molecule has 0 bridgehead atoms. The van der Waals surface area contributed by atoms with E-state index in [4.69, 9.17) is 14.2 Å². The van der Waals surface area contributed by atoms with Crippen LogP contribution in [0.15, 0.2) is 158 Å². The molecule has 80 heavy (non-hydrogen) atoms. The lowest BCUT2D eigenvalue weighted by atomic mass is 10.0. The molecule has 0 aliphatic rings. The molecule has 0 aromatic carbocycles. The molecule has 0 fully saturated rings. The molecule has 1 atom stereocenters. The lowest BCUT2D eigenvalue weighted by Gasteiger charge is -2.18. The Hall–Kier alpha value is -4.97. The summed E-state index contributed by atoms with van der Waals surface area (Å²) in [7, 11) is 0. The Balaban J connectivity index is 4.19. The minimum absolute atomic E-state index is 0.111. The normalized spacial score (nSPS) is 13.2. The van der Waals surface area contributed by atoms with E-state index in [0.29, 0.717) is 19.3 Å². The maximum atomic E-state index is 12.8. The van der Waals surface area contributed by atoms with E-state index in [0.717, 1.165) is 122 Å². The number of hydrogen-bond donors (Lipinski definition) is 0. The van der Waals surface area contributed by atoms with Crippen LogP contribution in [0.4, 0.5) is 0 Å². The molecule has 0 aliphatic heterocycles. The maximum Gasteiger partial charge on any atom is 0.306 e. The standard InChI is InChI=1S/C74H118O6/c1-4-7-10-13-16-19-21-23-25-27-29-30-31-32-33-34-35-36-37-38-39-40-41-42-43-44-46-47-49-51-53-55-58-61-64-67-73(76)79-70-71(69-78-72(75)66-63-60-57-18-15-12-9-6-3)80-74(77)68-65-62-59-56-54-52-50-48-45-28-26-24-22-20-17-14-11-8-5-2/h7-8,10-11,16-17,19-20,23-26,29-30,32-33,35-36,38-39,45,48,52,54,59,62,71H,4-6,9,12-15,18,21-22,27-28,31,34,37,40-44,46-47,49-51,53,55-58,60-61,63-70H2,1-3H3/b10-7-,11-8-,19-16-,20-17-,25-23-,26-24-,30-29-,33-32-,36-35-,39-38-,48-45-,54-52-,62-59-. The Bertz CT molecular complexity index is 1790. The molecule has 0 saturated carbocycles. The number of carbonyl (C=O) groups is 3. The third kappa shape index (κ3) is 63.9. The van der Waals surface area contributed by atoms with Crippen molar-refractivity contribution in [3.8, 4) is 0 Å². The molecule has 0 rings (SSSR count). The van der Waals surface area contributed by atoms with Crippen molar-refractivity contribution in [3.63, 3.8) is 0 Å². The summed E-state index contributed by atoms with van der Waals surface area (Å²) in [5, 5.41) is 0. The van der Waals surface area contributed by atoms with Crippen LogP contribution in [-0.2, 0) is 28.6 Å². The first-order valence-electron chi connectivity index (χ1n) is 32.5. The molecule has 0 aliphatic carbocycles. The van der Waals surface area contributed by atoms with E-state index in [1.165, 1.54) is 103 Å². The second-order valence-corrected chi connectivity index (χ2v) is 20.9. The van der Waals surface area contributed by atoms with Crippen LogP contribution in [0, 0.1) is 0 Å². The largest absolute Gasteiger partial charge is 0.462 e. The van der Waals surface area contributed by atoms with Crippen LogP contribution in [0.1, 0.15) is 271 Å². The van der Waals surface area contributed by atoms with Crippen LogP contribution < -0.4 is 0 Å². The maximum absolute atomic E-state index is 12.8. The zero-order chi connectivity index (χ0) is 57.8. The van der Waals surface area contributed by atoms with Gasteiger partial charge >= 0.3 is 17.9 Å².